The summed E-state index contributed by atoms with van der Waals surface area (Å²) in [5.74, 6) is -1.69. The van der Waals surface area contributed by atoms with Gasteiger partial charge in [0.05, 0.1) is 16.5 Å². The van der Waals surface area contributed by atoms with Crippen LogP contribution in [0.2, 0.25) is 5.02 Å². The summed E-state index contributed by atoms with van der Waals surface area (Å²) in [5.41, 5.74) is 0.354. The zero-order valence-corrected chi connectivity index (χ0v) is 12.4. The summed E-state index contributed by atoms with van der Waals surface area (Å²) in [6.07, 6.45) is 2.11. The van der Waals surface area contributed by atoms with Crippen LogP contribution in [-0.4, -0.2) is 23.0 Å². The van der Waals surface area contributed by atoms with Crippen LogP contribution in [-0.2, 0) is 4.79 Å². The second-order valence-corrected chi connectivity index (χ2v) is 5.79. The van der Waals surface area contributed by atoms with Gasteiger partial charge in [-0.15, -0.1) is 0 Å². The van der Waals surface area contributed by atoms with Crippen molar-refractivity contribution in [3.63, 3.8) is 0 Å². The first-order valence-corrected chi connectivity index (χ1v) is 7.15. The van der Waals surface area contributed by atoms with Crippen LogP contribution in [0.5, 0.6) is 0 Å². The highest BCUT2D eigenvalue weighted by Crippen LogP contribution is 2.28. The van der Waals surface area contributed by atoms with Crippen molar-refractivity contribution in [2.45, 2.75) is 25.3 Å². The number of aliphatic carboxylic acids is 1. The van der Waals surface area contributed by atoms with Gasteiger partial charge in [-0.25, -0.2) is 0 Å². The van der Waals surface area contributed by atoms with Gasteiger partial charge in [0.1, 0.15) is 0 Å². The minimum atomic E-state index is -0.858. The number of carboxylic acids is 1. The molecule has 1 aliphatic carbocycles. The molecule has 0 heterocycles. The van der Waals surface area contributed by atoms with Crippen LogP contribution in [0, 0.1) is 5.92 Å². The van der Waals surface area contributed by atoms with Crippen LogP contribution in [0.25, 0.3) is 0 Å². The molecule has 1 fully saturated rings. The Labute approximate surface area is 124 Å². The fourth-order valence-electron chi connectivity index (χ4n) is 2.35. The zero-order chi connectivity index (χ0) is 14.0. The van der Waals surface area contributed by atoms with E-state index in [4.69, 9.17) is 16.7 Å². The Morgan fingerprint density at radius 3 is 2.79 bits per heavy atom. The number of hydrogen-bond donors (Lipinski definition) is 2. The summed E-state index contributed by atoms with van der Waals surface area (Å²) in [4.78, 5) is 23.2. The van der Waals surface area contributed by atoms with Gasteiger partial charge in [-0.1, -0.05) is 24.1 Å². The third-order valence-corrected chi connectivity index (χ3v) is 4.64. The van der Waals surface area contributed by atoms with E-state index in [1.54, 1.807) is 18.2 Å². The van der Waals surface area contributed by atoms with E-state index in [2.05, 4.69) is 21.2 Å². The molecule has 0 saturated heterocycles. The van der Waals surface area contributed by atoms with Crippen molar-refractivity contribution in [1.82, 2.24) is 5.32 Å². The maximum absolute atomic E-state index is 12.1. The van der Waals surface area contributed by atoms with Gasteiger partial charge in [0, 0.05) is 10.5 Å². The van der Waals surface area contributed by atoms with Crippen molar-refractivity contribution in [2.24, 2.45) is 5.92 Å². The second-order valence-electron chi connectivity index (χ2n) is 4.56. The third-order valence-electron chi connectivity index (χ3n) is 3.35. The van der Waals surface area contributed by atoms with Crippen LogP contribution in [0.4, 0.5) is 0 Å². The van der Waals surface area contributed by atoms with E-state index < -0.39 is 11.9 Å². The molecule has 102 valence electrons. The summed E-state index contributed by atoms with van der Waals surface area (Å²) >= 11 is 9.30. The van der Waals surface area contributed by atoms with Gasteiger partial charge in [0.2, 0.25) is 0 Å². The lowest BCUT2D eigenvalue weighted by Gasteiger charge is -2.18. The van der Waals surface area contributed by atoms with Gasteiger partial charge >= 0.3 is 5.97 Å². The van der Waals surface area contributed by atoms with E-state index in [1.165, 1.54) is 0 Å². The first kappa shape index (κ1) is 14.3. The fourth-order valence-corrected chi connectivity index (χ4v) is 2.93. The molecule has 0 unspecified atom stereocenters. The molecule has 2 rings (SSSR count). The highest BCUT2D eigenvalue weighted by Gasteiger charge is 2.34. The van der Waals surface area contributed by atoms with Crippen molar-refractivity contribution in [2.75, 3.05) is 0 Å². The van der Waals surface area contributed by atoms with Gasteiger partial charge in [0.25, 0.3) is 5.91 Å². The summed E-state index contributed by atoms with van der Waals surface area (Å²) in [6, 6.07) is 4.76. The number of carboxylic acid groups (broad SMARTS) is 1. The second kappa shape index (κ2) is 5.92. The van der Waals surface area contributed by atoms with Gasteiger partial charge in [-0.05, 0) is 40.9 Å². The first-order valence-electron chi connectivity index (χ1n) is 5.98. The summed E-state index contributed by atoms with van der Waals surface area (Å²) in [6.45, 7) is 0. The Morgan fingerprint density at radius 1 is 1.37 bits per heavy atom. The predicted octanol–water partition coefficient (Wildman–Crippen LogP) is 3.09. The molecule has 6 heteroatoms. The number of carbonyl (C=O) groups is 2. The fraction of sp³-hybridized carbons (Fsp3) is 0.385. The Kier molecular flexibility index (Phi) is 4.47. The Balaban J connectivity index is 2.13. The molecule has 19 heavy (non-hydrogen) atoms. The van der Waals surface area contributed by atoms with Crippen molar-refractivity contribution < 1.29 is 14.7 Å². The molecule has 0 spiro atoms. The lowest BCUT2D eigenvalue weighted by Crippen LogP contribution is -2.40. The maximum atomic E-state index is 12.1. The Morgan fingerprint density at radius 2 is 2.11 bits per heavy atom. The maximum Gasteiger partial charge on any atom is 0.308 e. The Bertz CT molecular complexity index is 521. The quantitative estimate of drug-likeness (QED) is 0.884. The molecule has 1 aromatic carbocycles. The van der Waals surface area contributed by atoms with Gasteiger partial charge < -0.3 is 10.4 Å². The number of halogens is 2. The molecule has 1 saturated carbocycles. The largest absolute Gasteiger partial charge is 0.481 e. The summed E-state index contributed by atoms with van der Waals surface area (Å²) in [7, 11) is 0. The number of carbonyl (C=O) groups excluding carboxylic acids is 1. The van der Waals surface area contributed by atoms with E-state index in [0.29, 0.717) is 27.9 Å². The van der Waals surface area contributed by atoms with Crippen LogP contribution >= 0.6 is 27.5 Å². The molecular weight excluding hydrogens is 334 g/mol. The van der Waals surface area contributed by atoms with E-state index in [1.807, 2.05) is 0 Å². The minimum absolute atomic E-state index is 0.319. The number of rotatable bonds is 3. The third kappa shape index (κ3) is 3.09. The normalized spacial score (nSPS) is 22.2. The molecule has 0 aliphatic heterocycles. The van der Waals surface area contributed by atoms with Crippen LogP contribution in [0.1, 0.15) is 29.6 Å². The van der Waals surface area contributed by atoms with Crippen molar-refractivity contribution in [3.05, 3.63) is 33.3 Å². The van der Waals surface area contributed by atoms with E-state index in [0.717, 1.165) is 6.42 Å². The predicted molar refractivity (Wildman–Crippen MR) is 75.4 cm³/mol. The lowest BCUT2D eigenvalue weighted by atomic mass is 10.0. The molecule has 2 atom stereocenters. The standard InChI is InChI=1S/C13H13BrClNO3/c14-9-5-1-4-8(11(9)15)12(17)16-10-6-2-3-7(10)13(18)19/h1,4-5,7,10H,2-3,6H2,(H,16,17)(H,18,19)/t7-,10+/m1/s1. The van der Waals surface area contributed by atoms with E-state index >= 15 is 0 Å². The number of amides is 1. The van der Waals surface area contributed by atoms with Gasteiger partial charge in [-0.2, -0.15) is 0 Å². The van der Waals surface area contributed by atoms with Crippen LogP contribution in [0.3, 0.4) is 0 Å². The van der Waals surface area contributed by atoms with E-state index in [-0.39, 0.29) is 11.9 Å². The number of benzene rings is 1. The smallest absolute Gasteiger partial charge is 0.308 e. The monoisotopic (exact) mass is 345 g/mol. The Hall–Kier alpha value is -1.07. The van der Waals surface area contributed by atoms with Crippen LogP contribution < -0.4 is 5.32 Å². The highest BCUT2D eigenvalue weighted by atomic mass is 79.9. The molecular formula is C13H13BrClNO3. The molecule has 0 radical (unpaired) electrons. The molecule has 0 aromatic heterocycles. The van der Waals surface area contributed by atoms with Gasteiger partial charge in [-0.3, -0.25) is 9.59 Å². The number of hydrogen-bond acceptors (Lipinski definition) is 2. The molecule has 2 N–H and O–H groups in total. The minimum Gasteiger partial charge on any atom is -0.481 e. The summed E-state index contributed by atoms with van der Waals surface area (Å²) in [5, 5.41) is 12.2. The molecule has 1 amide bonds. The zero-order valence-electron chi connectivity index (χ0n) is 10.0. The molecule has 0 bridgehead atoms. The number of nitrogens with one attached hydrogen (secondary N) is 1. The molecule has 4 nitrogen and oxygen atoms in total. The summed E-state index contributed by atoms with van der Waals surface area (Å²) < 4.78 is 0.642. The molecule has 1 aromatic rings. The average molecular weight is 347 g/mol. The first-order chi connectivity index (χ1) is 9.00. The van der Waals surface area contributed by atoms with Crippen molar-refractivity contribution in [1.29, 1.82) is 0 Å². The lowest BCUT2D eigenvalue weighted by molar-refractivity contribution is -0.142. The average Bonchev–Trinajstić information content (AvgIpc) is 2.80. The SMILES string of the molecule is O=C(N[C@H]1CCC[C@H]1C(=O)O)c1cccc(Br)c1Cl. The molecule has 1 aliphatic rings. The van der Waals surface area contributed by atoms with E-state index in [9.17, 15) is 9.59 Å². The van der Waals surface area contributed by atoms with Crippen molar-refractivity contribution in [3.8, 4) is 0 Å². The highest BCUT2D eigenvalue weighted by molar-refractivity contribution is 9.10. The van der Waals surface area contributed by atoms with Gasteiger partial charge in [0.15, 0.2) is 0 Å². The topological polar surface area (TPSA) is 66.4 Å². The van der Waals surface area contributed by atoms with Crippen molar-refractivity contribution >= 4 is 39.4 Å². The van der Waals surface area contributed by atoms with Crippen LogP contribution in [0.15, 0.2) is 22.7 Å².